The van der Waals surface area contributed by atoms with Gasteiger partial charge in [0.25, 0.3) is 0 Å². The molecule has 1 aliphatic heterocycles. The van der Waals surface area contributed by atoms with Gasteiger partial charge in [-0.15, -0.1) is 11.3 Å². The molecular weight excluding hydrogens is 244 g/mol. The van der Waals surface area contributed by atoms with E-state index in [9.17, 15) is 0 Å². The molecule has 1 saturated heterocycles. The Morgan fingerprint density at radius 2 is 2.11 bits per heavy atom. The van der Waals surface area contributed by atoms with Crippen LogP contribution in [0.5, 0.6) is 0 Å². The van der Waals surface area contributed by atoms with E-state index < -0.39 is 0 Å². The van der Waals surface area contributed by atoms with Crippen LogP contribution in [0.25, 0.3) is 10.7 Å². The zero-order valence-corrected chi connectivity index (χ0v) is 11.0. The average molecular weight is 260 g/mol. The highest BCUT2D eigenvalue weighted by Gasteiger charge is 2.14. The van der Waals surface area contributed by atoms with E-state index in [-0.39, 0.29) is 0 Å². The van der Waals surface area contributed by atoms with Gasteiger partial charge in [0, 0.05) is 17.3 Å². The highest BCUT2D eigenvalue weighted by Crippen LogP contribution is 2.22. The van der Waals surface area contributed by atoms with Gasteiger partial charge in [0.15, 0.2) is 0 Å². The van der Waals surface area contributed by atoms with E-state index >= 15 is 0 Å². The van der Waals surface area contributed by atoms with Gasteiger partial charge in [0.1, 0.15) is 17.0 Å². The van der Waals surface area contributed by atoms with Gasteiger partial charge in [-0.25, -0.2) is 15.0 Å². The summed E-state index contributed by atoms with van der Waals surface area (Å²) in [5.41, 5.74) is 2.09. The Bertz CT molecular complexity index is 491. The molecule has 0 bridgehead atoms. The Hall–Kier alpha value is -1.33. The standard InChI is InChI=1S/C13H16N4S/c1-3-14-4-2-10(1)7-11-8-12(17-9-16-11)13-15-5-6-18-13/h5-6,8-10,14H,1-4,7H2. The number of hydrogen-bond donors (Lipinski definition) is 1. The van der Waals surface area contributed by atoms with Crippen molar-refractivity contribution >= 4 is 11.3 Å². The molecule has 0 saturated carbocycles. The second kappa shape index (κ2) is 5.54. The van der Waals surface area contributed by atoms with Gasteiger partial charge in [-0.1, -0.05) is 0 Å². The van der Waals surface area contributed by atoms with Crippen LogP contribution in [-0.4, -0.2) is 28.0 Å². The Labute approximate surface area is 111 Å². The minimum atomic E-state index is 0.755. The molecule has 0 unspecified atom stereocenters. The van der Waals surface area contributed by atoms with Crippen molar-refractivity contribution in [3.63, 3.8) is 0 Å². The largest absolute Gasteiger partial charge is 0.317 e. The SMILES string of the molecule is c1nc(CC2CCNCC2)cc(-c2nccs2)n1. The molecule has 0 radical (unpaired) electrons. The summed E-state index contributed by atoms with van der Waals surface area (Å²) < 4.78 is 0. The van der Waals surface area contributed by atoms with Crippen LogP contribution < -0.4 is 5.32 Å². The Balaban J connectivity index is 1.74. The van der Waals surface area contributed by atoms with Crippen LogP contribution >= 0.6 is 11.3 Å². The number of nitrogens with zero attached hydrogens (tertiary/aromatic N) is 3. The molecule has 5 heteroatoms. The smallest absolute Gasteiger partial charge is 0.141 e. The van der Waals surface area contributed by atoms with Gasteiger partial charge in [0.05, 0.1) is 0 Å². The summed E-state index contributed by atoms with van der Waals surface area (Å²) >= 11 is 1.62. The van der Waals surface area contributed by atoms with Gasteiger partial charge in [-0.2, -0.15) is 0 Å². The van der Waals surface area contributed by atoms with Gasteiger partial charge in [0.2, 0.25) is 0 Å². The van der Waals surface area contributed by atoms with E-state index in [0.29, 0.717) is 0 Å². The van der Waals surface area contributed by atoms with E-state index in [4.69, 9.17) is 0 Å². The lowest BCUT2D eigenvalue weighted by atomic mass is 9.93. The van der Waals surface area contributed by atoms with Crippen molar-refractivity contribution in [3.05, 3.63) is 29.7 Å². The molecule has 0 aliphatic carbocycles. The van der Waals surface area contributed by atoms with Crippen molar-refractivity contribution in [1.29, 1.82) is 0 Å². The fourth-order valence-corrected chi connectivity index (χ4v) is 2.96. The average Bonchev–Trinajstić information content (AvgIpc) is 2.94. The fourth-order valence-electron chi connectivity index (χ4n) is 2.36. The van der Waals surface area contributed by atoms with E-state index in [1.807, 2.05) is 11.6 Å². The topological polar surface area (TPSA) is 50.7 Å². The molecule has 94 valence electrons. The zero-order valence-electron chi connectivity index (χ0n) is 10.2. The molecule has 0 atom stereocenters. The first-order valence-electron chi connectivity index (χ1n) is 6.33. The minimum Gasteiger partial charge on any atom is -0.317 e. The Morgan fingerprint density at radius 3 is 2.89 bits per heavy atom. The van der Waals surface area contributed by atoms with Gasteiger partial charge in [-0.05, 0) is 44.3 Å². The van der Waals surface area contributed by atoms with Gasteiger partial charge in [-0.3, -0.25) is 0 Å². The molecule has 2 aromatic heterocycles. The normalized spacial score (nSPS) is 16.9. The van der Waals surface area contributed by atoms with Crippen molar-refractivity contribution in [2.75, 3.05) is 13.1 Å². The first kappa shape index (κ1) is 11.7. The predicted octanol–water partition coefficient (Wildman–Crippen LogP) is 2.14. The van der Waals surface area contributed by atoms with Crippen molar-refractivity contribution in [2.45, 2.75) is 19.3 Å². The second-order valence-electron chi connectivity index (χ2n) is 4.63. The highest BCUT2D eigenvalue weighted by atomic mass is 32.1. The lowest BCUT2D eigenvalue weighted by Crippen LogP contribution is -2.28. The number of hydrogen-bond acceptors (Lipinski definition) is 5. The molecule has 0 spiro atoms. The van der Waals surface area contributed by atoms with Crippen LogP contribution in [-0.2, 0) is 6.42 Å². The van der Waals surface area contributed by atoms with Crippen LogP contribution in [0.2, 0.25) is 0 Å². The molecule has 4 nitrogen and oxygen atoms in total. The fraction of sp³-hybridized carbons (Fsp3) is 0.462. The number of rotatable bonds is 3. The molecule has 1 aliphatic rings. The molecule has 0 amide bonds. The maximum Gasteiger partial charge on any atom is 0.141 e. The van der Waals surface area contributed by atoms with Crippen LogP contribution in [0.3, 0.4) is 0 Å². The lowest BCUT2D eigenvalue weighted by molar-refractivity contribution is 0.370. The number of aromatic nitrogens is 3. The third-order valence-corrected chi connectivity index (χ3v) is 4.13. The second-order valence-corrected chi connectivity index (χ2v) is 5.52. The number of piperidine rings is 1. The van der Waals surface area contributed by atoms with E-state index in [2.05, 4.69) is 26.3 Å². The van der Waals surface area contributed by atoms with Crippen LogP contribution in [0.4, 0.5) is 0 Å². The van der Waals surface area contributed by atoms with Crippen LogP contribution in [0, 0.1) is 5.92 Å². The third-order valence-electron chi connectivity index (χ3n) is 3.33. The van der Waals surface area contributed by atoms with Gasteiger partial charge >= 0.3 is 0 Å². The van der Waals surface area contributed by atoms with Crippen molar-refractivity contribution in [3.8, 4) is 10.7 Å². The molecule has 1 fully saturated rings. The Morgan fingerprint density at radius 1 is 1.22 bits per heavy atom. The van der Waals surface area contributed by atoms with Crippen molar-refractivity contribution in [1.82, 2.24) is 20.3 Å². The predicted molar refractivity (Wildman–Crippen MR) is 72.4 cm³/mol. The number of nitrogens with one attached hydrogen (secondary N) is 1. The quantitative estimate of drug-likeness (QED) is 0.918. The van der Waals surface area contributed by atoms with E-state index in [1.54, 1.807) is 17.7 Å². The molecule has 3 rings (SSSR count). The summed E-state index contributed by atoms with van der Waals surface area (Å²) in [7, 11) is 0. The maximum absolute atomic E-state index is 4.39. The van der Waals surface area contributed by atoms with Crippen LogP contribution in [0.1, 0.15) is 18.5 Å². The van der Waals surface area contributed by atoms with Crippen molar-refractivity contribution in [2.24, 2.45) is 5.92 Å². The number of thiazole rings is 1. The van der Waals surface area contributed by atoms with E-state index in [0.717, 1.165) is 41.8 Å². The lowest BCUT2D eigenvalue weighted by Gasteiger charge is -2.22. The summed E-state index contributed by atoms with van der Waals surface area (Å²) in [4.78, 5) is 13.0. The molecular formula is C13H16N4S. The summed E-state index contributed by atoms with van der Waals surface area (Å²) in [5.74, 6) is 0.755. The highest BCUT2D eigenvalue weighted by molar-refractivity contribution is 7.13. The molecule has 2 aromatic rings. The molecule has 18 heavy (non-hydrogen) atoms. The van der Waals surface area contributed by atoms with Crippen LogP contribution in [0.15, 0.2) is 24.0 Å². The summed E-state index contributed by atoms with van der Waals surface area (Å²) in [5, 5.41) is 6.35. The third kappa shape index (κ3) is 2.73. The summed E-state index contributed by atoms with van der Waals surface area (Å²) in [6, 6.07) is 2.08. The summed E-state index contributed by atoms with van der Waals surface area (Å²) in [6.45, 7) is 2.27. The monoisotopic (exact) mass is 260 g/mol. The Kier molecular flexibility index (Phi) is 3.61. The molecule has 1 N–H and O–H groups in total. The molecule has 3 heterocycles. The first-order valence-corrected chi connectivity index (χ1v) is 7.21. The first-order chi connectivity index (χ1) is 8.92. The van der Waals surface area contributed by atoms with Gasteiger partial charge < -0.3 is 5.32 Å². The zero-order chi connectivity index (χ0) is 12.2. The summed E-state index contributed by atoms with van der Waals surface area (Å²) in [6.07, 6.45) is 7.03. The van der Waals surface area contributed by atoms with Crippen molar-refractivity contribution < 1.29 is 0 Å². The molecule has 0 aromatic carbocycles. The van der Waals surface area contributed by atoms with E-state index in [1.165, 1.54) is 12.8 Å². The maximum atomic E-state index is 4.39. The minimum absolute atomic E-state index is 0.755.